The largest absolute Gasteiger partial charge is 0.494 e. The van der Waals surface area contributed by atoms with E-state index in [9.17, 15) is 12.8 Å². The van der Waals surface area contributed by atoms with Gasteiger partial charge >= 0.3 is 0 Å². The van der Waals surface area contributed by atoms with Crippen LogP contribution in [0.1, 0.15) is 31.9 Å². The van der Waals surface area contributed by atoms with Gasteiger partial charge in [0.1, 0.15) is 0 Å². The van der Waals surface area contributed by atoms with Crippen LogP contribution in [0.25, 0.3) is 0 Å². The summed E-state index contributed by atoms with van der Waals surface area (Å²) in [6, 6.07) is 3.85. The predicted molar refractivity (Wildman–Crippen MR) is 76.3 cm³/mol. The van der Waals surface area contributed by atoms with Gasteiger partial charge in [0.25, 0.3) is 10.2 Å². The van der Waals surface area contributed by atoms with E-state index in [1.54, 1.807) is 13.0 Å². The van der Waals surface area contributed by atoms with Gasteiger partial charge in [-0.3, -0.25) is 0 Å². The van der Waals surface area contributed by atoms with Crippen molar-refractivity contribution in [2.24, 2.45) is 0 Å². The third-order valence-corrected chi connectivity index (χ3v) is 4.60. The van der Waals surface area contributed by atoms with Gasteiger partial charge in [0, 0.05) is 19.6 Å². The van der Waals surface area contributed by atoms with E-state index >= 15 is 0 Å². The van der Waals surface area contributed by atoms with Crippen LogP contribution < -0.4 is 9.46 Å². The van der Waals surface area contributed by atoms with Crippen LogP contribution in [0.3, 0.4) is 0 Å². The molecule has 114 valence electrons. The first-order valence-electron chi connectivity index (χ1n) is 6.38. The molecule has 1 atom stereocenters. The minimum absolute atomic E-state index is 0.131. The smallest absolute Gasteiger partial charge is 0.279 e. The van der Waals surface area contributed by atoms with Crippen molar-refractivity contribution in [3.05, 3.63) is 29.6 Å². The standard InChI is InChI=1S/C13H21FN2O3S/c1-5-8-16(3)20(17,18)15-10(2)11-6-7-13(19-4)12(14)9-11/h6-7,9-10,15H,5,8H2,1-4H3/t10-/m1/s1. The van der Waals surface area contributed by atoms with Crippen LogP contribution in [0, 0.1) is 5.82 Å². The van der Waals surface area contributed by atoms with Crippen molar-refractivity contribution in [1.82, 2.24) is 9.03 Å². The summed E-state index contributed by atoms with van der Waals surface area (Å²) < 4.78 is 46.2. The van der Waals surface area contributed by atoms with Crippen LogP contribution in [0.5, 0.6) is 5.75 Å². The maximum Gasteiger partial charge on any atom is 0.279 e. The number of halogens is 1. The molecule has 0 amide bonds. The van der Waals surface area contributed by atoms with Crippen molar-refractivity contribution < 1.29 is 17.5 Å². The van der Waals surface area contributed by atoms with Gasteiger partial charge in [-0.2, -0.15) is 17.4 Å². The molecule has 0 aliphatic carbocycles. The Balaban J connectivity index is 2.86. The maximum atomic E-state index is 13.6. The zero-order chi connectivity index (χ0) is 15.3. The van der Waals surface area contributed by atoms with Crippen LogP contribution in [0.2, 0.25) is 0 Å². The van der Waals surface area contributed by atoms with E-state index in [0.29, 0.717) is 12.1 Å². The average molecular weight is 304 g/mol. The first-order chi connectivity index (χ1) is 9.31. The highest BCUT2D eigenvalue weighted by Crippen LogP contribution is 2.22. The lowest BCUT2D eigenvalue weighted by Gasteiger charge is -2.21. The minimum Gasteiger partial charge on any atom is -0.494 e. The normalized spacial score (nSPS) is 13.5. The molecular formula is C13H21FN2O3S. The fourth-order valence-electron chi connectivity index (χ4n) is 1.77. The van der Waals surface area contributed by atoms with Gasteiger partial charge in [-0.25, -0.2) is 4.39 Å². The predicted octanol–water partition coefficient (Wildman–Crippen LogP) is 2.07. The molecule has 20 heavy (non-hydrogen) atoms. The molecule has 0 bridgehead atoms. The van der Waals surface area contributed by atoms with Crippen LogP contribution in [0.4, 0.5) is 4.39 Å². The molecule has 0 fully saturated rings. The topological polar surface area (TPSA) is 58.6 Å². The van der Waals surface area contributed by atoms with E-state index in [1.807, 2.05) is 6.92 Å². The Labute approximate surface area is 119 Å². The molecule has 0 unspecified atom stereocenters. The Morgan fingerprint density at radius 1 is 1.45 bits per heavy atom. The van der Waals surface area contributed by atoms with Gasteiger partial charge in [-0.05, 0) is 31.0 Å². The molecule has 0 aromatic heterocycles. The monoisotopic (exact) mass is 304 g/mol. The second kappa shape index (κ2) is 7.01. The van der Waals surface area contributed by atoms with Gasteiger partial charge in [0.15, 0.2) is 11.6 Å². The van der Waals surface area contributed by atoms with E-state index in [4.69, 9.17) is 4.74 Å². The summed E-state index contributed by atoms with van der Waals surface area (Å²) in [5, 5.41) is 0. The fraction of sp³-hybridized carbons (Fsp3) is 0.538. The van der Waals surface area contributed by atoms with Gasteiger partial charge in [-0.1, -0.05) is 13.0 Å². The summed E-state index contributed by atoms with van der Waals surface area (Å²) in [4.78, 5) is 0. The van der Waals surface area contributed by atoms with Crippen molar-refractivity contribution >= 4 is 10.2 Å². The first-order valence-corrected chi connectivity index (χ1v) is 7.82. The van der Waals surface area contributed by atoms with Crippen molar-refractivity contribution in [1.29, 1.82) is 0 Å². The Kier molecular flexibility index (Phi) is 5.91. The molecule has 0 saturated carbocycles. The van der Waals surface area contributed by atoms with E-state index in [-0.39, 0.29) is 5.75 Å². The van der Waals surface area contributed by atoms with Gasteiger partial charge < -0.3 is 4.74 Å². The maximum absolute atomic E-state index is 13.6. The summed E-state index contributed by atoms with van der Waals surface area (Å²) in [5.41, 5.74) is 0.539. The highest BCUT2D eigenvalue weighted by molar-refractivity contribution is 7.87. The van der Waals surface area contributed by atoms with Crippen molar-refractivity contribution in [2.45, 2.75) is 26.3 Å². The van der Waals surface area contributed by atoms with Crippen LogP contribution in [-0.2, 0) is 10.2 Å². The number of hydrogen-bond donors (Lipinski definition) is 1. The summed E-state index contributed by atoms with van der Waals surface area (Å²) in [5.74, 6) is -0.384. The van der Waals surface area contributed by atoms with E-state index < -0.39 is 22.1 Å². The molecule has 0 spiro atoms. The summed E-state index contributed by atoms with van der Waals surface area (Å²) in [6.07, 6.45) is 0.725. The van der Waals surface area contributed by atoms with Crippen LogP contribution in [0.15, 0.2) is 18.2 Å². The Morgan fingerprint density at radius 2 is 2.10 bits per heavy atom. The first kappa shape index (κ1) is 16.9. The number of benzene rings is 1. The third-order valence-electron chi connectivity index (χ3n) is 2.95. The van der Waals surface area contributed by atoms with Gasteiger partial charge in [-0.15, -0.1) is 0 Å². The quantitative estimate of drug-likeness (QED) is 0.839. The molecule has 5 nitrogen and oxygen atoms in total. The average Bonchev–Trinajstić information content (AvgIpc) is 2.38. The van der Waals surface area contributed by atoms with Crippen molar-refractivity contribution in [3.63, 3.8) is 0 Å². The lowest BCUT2D eigenvalue weighted by atomic mass is 10.1. The Bertz CT molecular complexity index is 549. The number of ether oxygens (including phenoxy) is 1. The molecule has 0 heterocycles. The molecule has 1 rings (SSSR count). The molecule has 0 saturated heterocycles. The number of nitrogens with one attached hydrogen (secondary N) is 1. The summed E-state index contributed by atoms with van der Waals surface area (Å²) >= 11 is 0. The fourth-order valence-corrected chi connectivity index (χ4v) is 2.95. The molecule has 1 aromatic rings. The minimum atomic E-state index is -3.57. The molecule has 0 aliphatic heterocycles. The highest BCUT2D eigenvalue weighted by Gasteiger charge is 2.20. The number of hydrogen-bond acceptors (Lipinski definition) is 3. The Hall–Kier alpha value is -1.18. The highest BCUT2D eigenvalue weighted by atomic mass is 32.2. The number of methoxy groups -OCH3 is 1. The summed E-state index contributed by atoms with van der Waals surface area (Å²) in [7, 11) is -0.683. The molecule has 0 aliphatic rings. The lowest BCUT2D eigenvalue weighted by molar-refractivity contribution is 0.385. The van der Waals surface area contributed by atoms with E-state index in [2.05, 4.69) is 4.72 Å². The van der Waals surface area contributed by atoms with E-state index in [1.165, 1.54) is 30.6 Å². The second-order valence-electron chi connectivity index (χ2n) is 4.56. The second-order valence-corrected chi connectivity index (χ2v) is 6.37. The lowest BCUT2D eigenvalue weighted by Crippen LogP contribution is -2.39. The van der Waals surface area contributed by atoms with Gasteiger partial charge in [0.2, 0.25) is 0 Å². The van der Waals surface area contributed by atoms with Crippen molar-refractivity contribution in [3.8, 4) is 5.75 Å². The van der Waals surface area contributed by atoms with Gasteiger partial charge in [0.05, 0.1) is 7.11 Å². The molecule has 7 heteroatoms. The number of rotatable bonds is 7. The summed E-state index contributed by atoms with van der Waals surface area (Å²) in [6.45, 7) is 3.99. The van der Waals surface area contributed by atoms with Crippen LogP contribution >= 0.6 is 0 Å². The number of nitrogens with zero attached hydrogens (tertiary/aromatic N) is 1. The molecule has 0 radical (unpaired) electrons. The zero-order valence-corrected chi connectivity index (χ0v) is 13.0. The Morgan fingerprint density at radius 3 is 2.60 bits per heavy atom. The van der Waals surface area contributed by atoms with Crippen molar-refractivity contribution in [2.75, 3.05) is 20.7 Å². The zero-order valence-electron chi connectivity index (χ0n) is 12.2. The molecule has 1 aromatic carbocycles. The third kappa shape index (κ3) is 4.16. The van der Waals surface area contributed by atoms with E-state index in [0.717, 1.165) is 6.42 Å². The molecule has 1 N–H and O–H groups in total. The molecular weight excluding hydrogens is 283 g/mol. The SMILES string of the molecule is CCCN(C)S(=O)(=O)N[C@H](C)c1ccc(OC)c(F)c1. The van der Waals surface area contributed by atoms with Crippen LogP contribution in [-0.4, -0.2) is 33.4 Å².